The normalized spacial score (nSPS) is 10.3. The van der Waals surface area contributed by atoms with Crippen molar-refractivity contribution in [3.8, 4) is 0 Å². The van der Waals surface area contributed by atoms with E-state index in [1.54, 1.807) is 0 Å². The average Bonchev–Trinajstić information content (AvgIpc) is 2.04. The van der Waals surface area contributed by atoms with Crippen LogP contribution in [0.4, 0.5) is 0 Å². The minimum Gasteiger partial charge on any atom is -0.759 e. The van der Waals surface area contributed by atoms with E-state index in [1.807, 2.05) is 24.3 Å². The molecule has 0 fully saturated rings. The summed E-state index contributed by atoms with van der Waals surface area (Å²) in [6, 6.07) is 7.72. The molecule has 0 aliphatic rings. The van der Waals surface area contributed by atoms with Crippen molar-refractivity contribution < 1.29 is 0 Å². The second-order valence-electron chi connectivity index (χ2n) is 2.39. The first kappa shape index (κ1) is 7.64. The maximum Gasteiger partial charge on any atom is 0.195 e. The summed E-state index contributed by atoms with van der Waals surface area (Å²) in [6.07, 6.45) is 0. The lowest BCUT2D eigenvalue weighted by Crippen LogP contribution is -1.87. The molecule has 1 aromatic heterocycles. The predicted molar refractivity (Wildman–Crippen MR) is 52.6 cm³/mol. The fourth-order valence-corrected chi connectivity index (χ4v) is 1.60. The predicted octanol–water partition coefficient (Wildman–Crippen LogP) is 2.20. The van der Waals surface area contributed by atoms with Gasteiger partial charge in [0.25, 0.3) is 0 Å². The number of hydrogen-bond acceptors (Lipinski definition) is 3. The van der Waals surface area contributed by atoms with Crippen LogP contribution in [0.15, 0.2) is 29.3 Å². The Morgan fingerprint density at radius 2 is 2.08 bits per heavy atom. The van der Waals surface area contributed by atoms with Crippen LogP contribution in [0.25, 0.3) is 10.9 Å². The van der Waals surface area contributed by atoms with Crippen molar-refractivity contribution in [2.24, 2.45) is 0 Å². The average molecular weight is 193 g/mol. The van der Waals surface area contributed by atoms with Crippen LogP contribution < -0.4 is 0 Å². The Bertz CT molecular complexity index is 476. The monoisotopic (exact) mass is 193 g/mol. The van der Waals surface area contributed by atoms with Gasteiger partial charge < -0.3 is 17.6 Å². The number of nitrogens with zero attached hydrogens (tertiary/aromatic N) is 1. The van der Waals surface area contributed by atoms with E-state index in [2.05, 4.69) is 9.97 Å². The lowest BCUT2D eigenvalue weighted by molar-refractivity contribution is 1.08. The van der Waals surface area contributed by atoms with Crippen molar-refractivity contribution in [2.45, 2.75) is 5.03 Å². The molecule has 0 amide bonds. The first-order chi connectivity index (χ1) is 5.77. The Labute approximate surface area is 80.1 Å². The molecule has 1 aromatic carbocycles. The van der Waals surface area contributed by atoms with E-state index in [0.29, 0.717) is 9.80 Å². The Morgan fingerprint density at radius 1 is 1.33 bits per heavy atom. The van der Waals surface area contributed by atoms with Gasteiger partial charge in [0.15, 0.2) is 4.77 Å². The van der Waals surface area contributed by atoms with Gasteiger partial charge in [-0.1, -0.05) is 23.2 Å². The number of H-pyrrole nitrogens is 1. The molecular formula is C8H5N2S2-. The van der Waals surface area contributed by atoms with Crippen LogP contribution in [0.5, 0.6) is 0 Å². The molecule has 0 aliphatic carbocycles. The minimum absolute atomic E-state index is 0.443. The number of benzene rings is 1. The smallest absolute Gasteiger partial charge is 0.195 e. The van der Waals surface area contributed by atoms with Gasteiger partial charge >= 0.3 is 0 Å². The molecule has 0 saturated carbocycles. The van der Waals surface area contributed by atoms with Gasteiger partial charge in [0.1, 0.15) is 0 Å². The molecule has 0 spiro atoms. The Kier molecular flexibility index (Phi) is 1.78. The number of nitrogens with one attached hydrogen (secondary N) is 1. The summed E-state index contributed by atoms with van der Waals surface area (Å²) in [5.41, 5.74) is 0.947. The number of fused-ring (bicyclic) bond motifs is 1. The van der Waals surface area contributed by atoms with Gasteiger partial charge in [-0.3, -0.25) is 0 Å². The molecule has 2 nitrogen and oxygen atoms in total. The molecule has 0 aliphatic heterocycles. The van der Waals surface area contributed by atoms with Gasteiger partial charge in [-0.05, 0) is 23.7 Å². The standard InChI is InChI=1S/C8H6N2S2/c11-7-5-3-1-2-4-6(5)9-8(12)10-7/h1-4H,(H2,9,10,11,12)/p-1. The quantitative estimate of drug-likeness (QED) is 0.395. The molecule has 1 heterocycles. The van der Waals surface area contributed by atoms with Crippen LogP contribution in [0.3, 0.4) is 0 Å². The molecule has 2 rings (SSSR count). The van der Waals surface area contributed by atoms with Crippen molar-refractivity contribution in [3.63, 3.8) is 0 Å². The number of hydrogen-bond donors (Lipinski definition) is 1. The van der Waals surface area contributed by atoms with E-state index in [9.17, 15) is 0 Å². The largest absolute Gasteiger partial charge is 0.759 e. The zero-order valence-electron chi connectivity index (χ0n) is 6.07. The third kappa shape index (κ3) is 1.19. The zero-order chi connectivity index (χ0) is 8.55. The maximum absolute atomic E-state index is 5.04. The van der Waals surface area contributed by atoms with Crippen molar-refractivity contribution in [1.29, 1.82) is 0 Å². The molecule has 0 saturated heterocycles. The summed E-state index contributed by atoms with van der Waals surface area (Å²) in [4.78, 5) is 6.94. The number of aromatic nitrogens is 2. The second-order valence-corrected chi connectivity index (χ2v) is 3.17. The highest BCUT2D eigenvalue weighted by Crippen LogP contribution is 2.13. The first-order valence-electron chi connectivity index (χ1n) is 3.43. The van der Waals surface area contributed by atoms with Crippen LogP contribution >= 0.6 is 12.2 Å². The van der Waals surface area contributed by atoms with Crippen molar-refractivity contribution in [3.05, 3.63) is 29.0 Å². The molecule has 4 heteroatoms. The van der Waals surface area contributed by atoms with Crippen LogP contribution in [-0.4, -0.2) is 9.97 Å². The molecular weight excluding hydrogens is 188 g/mol. The van der Waals surface area contributed by atoms with Crippen molar-refractivity contribution in [2.75, 3.05) is 0 Å². The lowest BCUT2D eigenvalue weighted by Gasteiger charge is -2.07. The summed E-state index contributed by atoms with van der Waals surface area (Å²) in [5.74, 6) is 0. The highest BCUT2D eigenvalue weighted by atomic mass is 32.1. The highest BCUT2D eigenvalue weighted by Gasteiger charge is 1.91. The first-order valence-corrected chi connectivity index (χ1v) is 4.25. The van der Waals surface area contributed by atoms with Gasteiger partial charge in [0, 0.05) is 5.52 Å². The van der Waals surface area contributed by atoms with E-state index in [-0.39, 0.29) is 0 Å². The van der Waals surface area contributed by atoms with Crippen molar-refractivity contribution in [1.82, 2.24) is 9.97 Å². The molecule has 2 aromatic rings. The molecule has 0 atom stereocenters. The third-order valence-corrected chi connectivity index (χ3v) is 2.11. The molecule has 0 radical (unpaired) electrons. The summed E-state index contributed by atoms with van der Waals surface area (Å²) in [5, 5.41) is 1.51. The van der Waals surface area contributed by atoms with E-state index < -0.39 is 0 Å². The second kappa shape index (κ2) is 2.80. The molecule has 0 bridgehead atoms. The van der Waals surface area contributed by atoms with Gasteiger partial charge in [-0.15, -0.1) is 0 Å². The van der Waals surface area contributed by atoms with E-state index >= 15 is 0 Å². The molecule has 1 N–H and O–H groups in total. The fourth-order valence-electron chi connectivity index (χ4n) is 1.07. The number of rotatable bonds is 0. The van der Waals surface area contributed by atoms with Gasteiger partial charge in [0.2, 0.25) is 0 Å². The van der Waals surface area contributed by atoms with Gasteiger partial charge in [-0.25, -0.2) is 4.98 Å². The Hall–Kier alpha value is -1.00. The summed E-state index contributed by atoms with van der Waals surface area (Å²) in [7, 11) is 0. The topological polar surface area (TPSA) is 28.7 Å². The maximum atomic E-state index is 5.04. The van der Waals surface area contributed by atoms with Gasteiger partial charge in [-0.2, -0.15) is 0 Å². The third-order valence-electron chi connectivity index (χ3n) is 1.60. The fraction of sp³-hybridized carbons (Fsp3) is 0. The van der Waals surface area contributed by atoms with Gasteiger partial charge in [0.05, 0.1) is 0 Å². The zero-order valence-corrected chi connectivity index (χ0v) is 7.71. The Balaban J connectivity index is 2.99. The molecule has 0 unspecified atom stereocenters. The van der Waals surface area contributed by atoms with Crippen LogP contribution in [0, 0.1) is 4.77 Å². The summed E-state index contributed by atoms with van der Waals surface area (Å²) in [6.45, 7) is 0. The Morgan fingerprint density at radius 3 is 2.92 bits per heavy atom. The minimum atomic E-state index is 0.443. The van der Waals surface area contributed by atoms with E-state index in [1.165, 1.54) is 0 Å². The van der Waals surface area contributed by atoms with E-state index in [0.717, 1.165) is 10.9 Å². The van der Waals surface area contributed by atoms with Crippen LogP contribution in [-0.2, 0) is 12.6 Å². The molecule has 12 heavy (non-hydrogen) atoms. The van der Waals surface area contributed by atoms with Crippen LogP contribution in [0.1, 0.15) is 0 Å². The summed E-state index contributed by atoms with van der Waals surface area (Å²) >= 11 is 9.94. The highest BCUT2D eigenvalue weighted by molar-refractivity contribution is 7.71. The summed E-state index contributed by atoms with van der Waals surface area (Å²) < 4.78 is 0.443. The SMILES string of the molecule is S=c1nc([S-])c2ccccc2[nH]1. The van der Waals surface area contributed by atoms with Crippen molar-refractivity contribution >= 4 is 35.7 Å². The number of para-hydroxylation sites is 1. The lowest BCUT2D eigenvalue weighted by atomic mass is 10.2. The number of aromatic amines is 1. The van der Waals surface area contributed by atoms with E-state index in [4.69, 9.17) is 24.8 Å². The van der Waals surface area contributed by atoms with Crippen LogP contribution in [0.2, 0.25) is 0 Å². The molecule has 60 valence electrons.